The molecule has 0 radical (unpaired) electrons. The van der Waals surface area contributed by atoms with E-state index >= 15 is 0 Å². The monoisotopic (exact) mass is 807 g/mol. The SMILES string of the molecule is c1cc(-n2c3ccccc3c3ccccc32)cc([Si]2(c3ccc(-c4cccc5ccccc45)cc3)c3ccccc3Oc3c(-c4cccc5oc6ccccc6c45)cccc32)c1. The molecule has 0 spiro atoms. The summed E-state index contributed by atoms with van der Waals surface area (Å²) in [5, 5.41) is 12.2. The van der Waals surface area contributed by atoms with E-state index in [1.54, 1.807) is 0 Å². The third-order valence-corrected chi connectivity index (χ3v) is 18.0. The van der Waals surface area contributed by atoms with Crippen molar-refractivity contribution in [2.24, 2.45) is 0 Å². The molecule has 3 heterocycles. The molecule has 0 aliphatic carbocycles. The van der Waals surface area contributed by atoms with Crippen LogP contribution in [0.15, 0.2) is 229 Å². The molecule has 0 fully saturated rings. The molecule has 3 nitrogen and oxygen atoms in total. The van der Waals surface area contributed by atoms with Gasteiger partial charge in [-0.15, -0.1) is 0 Å². The van der Waals surface area contributed by atoms with Crippen LogP contribution in [0, 0.1) is 0 Å². The van der Waals surface area contributed by atoms with Gasteiger partial charge in [-0.3, -0.25) is 0 Å². The topological polar surface area (TPSA) is 27.3 Å². The molecule has 0 bridgehead atoms. The molecular formula is C58H37NO2Si. The van der Waals surface area contributed by atoms with Crippen LogP contribution in [0.3, 0.4) is 0 Å². The minimum Gasteiger partial charge on any atom is -0.457 e. The maximum Gasteiger partial charge on any atom is 0.188 e. The zero-order valence-corrected chi connectivity index (χ0v) is 34.6. The van der Waals surface area contributed by atoms with E-state index in [4.69, 9.17) is 9.15 Å². The second kappa shape index (κ2) is 13.5. The van der Waals surface area contributed by atoms with Crippen molar-refractivity contribution in [3.05, 3.63) is 224 Å². The van der Waals surface area contributed by atoms with Crippen molar-refractivity contribution in [3.8, 4) is 39.4 Å². The Morgan fingerprint density at radius 3 is 1.82 bits per heavy atom. The van der Waals surface area contributed by atoms with Gasteiger partial charge >= 0.3 is 0 Å². The van der Waals surface area contributed by atoms with Crippen LogP contribution in [-0.4, -0.2) is 12.6 Å². The van der Waals surface area contributed by atoms with Crippen LogP contribution >= 0.6 is 0 Å². The van der Waals surface area contributed by atoms with E-state index in [1.165, 1.54) is 64.5 Å². The number of para-hydroxylation sites is 5. The highest BCUT2D eigenvalue weighted by molar-refractivity contribution is 7.20. The smallest absolute Gasteiger partial charge is 0.188 e. The van der Waals surface area contributed by atoms with Crippen LogP contribution in [-0.2, 0) is 0 Å². The van der Waals surface area contributed by atoms with Crippen molar-refractivity contribution in [2.75, 3.05) is 0 Å². The van der Waals surface area contributed by atoms with Gasteiger partial charge in [0.2, 0.25) is 0 Å². The van der Waals surface area contributed by atoms with Crippen molar-refractivity contribution in [2.45, 2.75) is 0 Å². The van der Waals surface area contributed by atoms with E-state index in [2.05, 4.69) is 223 Å². The number of benzene rings is 10. The Bertz CT molecular complexity index is 3690. The maximum atomic E-state index is 7.26. The fourth-order valence-corrected chi connectivity index (χ4v) is 15.5. The normalized spacial score (nSPS) is 14.6. The van der Waals surface area contributed by atoms with E-state index in [0.29, 0.717) is 0 Å². The second-order valence-electron chi connectivity index (χ2n) is 16.3. The summed E-state index contributed by atoms with van der Waals surface area (Å²) in [4.78, 5) is 0. The molecule has 4 heteroatoms. The average Bonchev–Trinajstić information content (AvgIpc) is 3.89. The van der Waals surface area contributed by atoms with Gasteiger partial charge in [0.25, 0.3) is 0 Å². The summed E-state index contributed by atoms with van der Waals surface area (Å²) in [6.45, 7) is 0. The highest BCUT2D eigenvalue weighted by Gasteiger charge is 2.49. The van der Waals surface area contributed by atoms with Gasteiger partial charge in [0.05, 0.1) is 11.0 Å². The predicted octanol–water partition coefficient (Wildman–Crippen LogP) is 12.7. The number of fused-ring (bicyclic) bond motifs is 9. The summed E-state index contributed by atoms with van der Waals surface area (Å²) in [6.07, 6.45) is 0. The van der Waals surface area contributed by atoms with Gasteiger partial charge in [0, 0.05) is 32.8 Å². The largest absolute Gasteiger partial charge is 0.457 e. The van der Waals surface area contributed by atoms with E-state index in [-0.39, 0.29) is 0 Å². The molecule has 1 aliphatic heterocycles. The summed E-state index contributed by atoms with van der Waals surface area (Å²) in [7, 11) is -3.16. The lowest BCUT2D eigenvalue weighted by atomic mass is 9.98. The molecule has 13 rings (SSSR count). The minimum atomic E-state index is -3.16. The summed E-state index contributed by atoms with van der Waals surface area (Å²) in [5.74, 6) is 1.79. The van der Waals surface area contributed by atoms with E-state index in [9.17, 15) is 0 Å². The molecule has 0 N–H and O–H groups in total. The number of nitrogens with zero attached hydrogens (tertiary/aromatic N) is 1. The Balaban J connectivity index is 1.12. The lowest BCUT2D eigenvalue weighted by molar-refractivity contribution is 0.489. The van der Waals surface area contributed by atoms with Crippen LogP contribution in [0.5, 0.6) is 11.5 Å². The zero-order chi connectivity index (χ0) is 40.8. The summed E-state index contributed by atoms with van der Waals surface area (Å²) >= 11 is 0. The average molecular weight is 808 g/mol. The van der Waals surface area contributed by atoms with Gasteiger partial charge in [-0.25, -0.2) is 0 Å². The van der Waals surface area contributed by atoms with Crippen molar-refractivity contribution in [3.63, 3.8) is 0 Å². The molecule has 290 valence electrons. The number of furan rings is 1. The van der Waals surface area contributed by atoms with Gasteiger partial charge in [-0.2, -0.15) is 0 Å². The van der Waals surface area contributed by atoms with Crippen LogP contribution in [0.2, 0.25) is 0 Å². The fraction of sp³-hybridized carbons (Fsp3) is 0. The van der Waals surface area contributed by atoms with Gasteiger partial charge in [-0.05, 0) is 90.7 Å². The standard InChI is InChI=1S/C58H37NO2Si/c1-2-19-43-38(15-1)16-11-23-44(43)39-33-35-41(36-34-39)62(42-18-12-17-40(37-42)59-50-26-6-3-20-45(50)46-21-4-7-27-51(46)59)55-31-10-9-29-53(55)61-58-48(25-14-32-56(58)62)47-24-13-30-54-57(47)49-22-5-8-28-52(49)60-54/h1-37H. The first-order chi connectivity index (χ1) is 30.8. The number of aromatic nitrogens is 1. The molecule has 12 aromatic rings. The Morgan fingerprint density at radius 1 is 0.387 bits per heavy atom. The molecule has 0 saturated heterocycles. The Labute approximate surface area is 359 Å². The highest BCUT2D eigenvalue weighted by atomic mass is 28.3. The van der Waals surface area contributed by atoms with E-state index < -0.39 is 8.07 Å². The molecular weight excluding hydrogens is 771 g/mol. The highest BCUT2D eigenvalue weighted by Crippen LogP contribution is 2.43. The second-order valence-corrected chi connectivity index (χ2v) is 20.1. The van der Waals surface area contributed by atoms with Gasteiger partial charge in [0.15, 0.2) is 8.07 Å². The molecule has 1 atom stereocenters. The zero-order valence-electron chi connectivity index (χ0n) is 33.6. The predicted molar refractivity (Wildman–Crippen MR) is 260 cm³/mol. The third-order valence-electron chi connectivity index (χ3n) is 13.2. The van der Waals surface area contributed by atoms with Gasteiger partial charge < -0.3 is 13.7 Å². The summed E-state index contributed by atoms with van der Waals surface area (Å²) in [6, 6.07) is 81.9. The van der Waals surface area contributed by atoms with Crippen LogP contribution < -0.4 is 25.5 Å². The number of ether oxygens (including phenoxy) is 1. The van der Waals surface area contributed by atoms with E-state index in [1.807, 2.05) is 6.07 Å². The molecule has 62 heavy (non-hydrogen) atoms. The quantitative estimate of drug-likeness (QED) is 0.162. The molecule has 0 amide bonds. The third kappa shape index (κ3) is 4.99. The van der Waals surface area contributed by atoms with Crippen molar-refractivity contribution >= 4 is 83.3 Å². The van der Waals surface area contributed by atoms with Gasteiger partial charge in [-0.1, -0.05) is 182 Å². The molecule has 1 unspecified atom stereocenters. The van der Waals surface area contributed by atoms with Crippen LogP contribution in [0.4, 0.5) is 0 Å². The van der Waals surface area contributed by atoms with Crippen molar-refractivity contribution in [1.82, 2.24) is 4.57 Å². The Hall–Kier alpha value is -7.92. The fourth-order valence-electron chi connectivity index (χ4n) is 10.5. The molecule has 2 aromatic heterocycles. The Morgan fingerprint density at radius 2 is 0.984 bits per heavy atom. The molecule has 0 saturated carbocycles. The first kappa shape index (κ1) is 34.9. The minimum absolute atomic E-state index is 0.865. The van der Waals surface area contributed by atoms with Crippen LogP contribution in [0.1, 0.15) is 0 Å². The summed E-state index contributed by atoms with van der Waals surface area (Å²) in [5.41, 5.74) is 9.83. The molecule has 10 aromatic carbocycles. The van der Waals surface area contributed by atoms with Crippen molar-refractivity contribution in [1.29, 1.82) is 0 Å². The lowest BCUT2D eigenvalue weighted by Crippen LogP contribution is -2.76. The first-order valence-electron chi connectivity index (χ1n) is 21.2. The summed E-state index contributed by atoms with van der Waals surface area (Å²) < 4.78 is 16.1. The van der Waals surface area contributed by atoms with Gasteiger partial charge in [0.1, 0.15) is 22.7 Å². The van der Waals surface area contributed by atoms with E-state index in [0.717, 1.165) is 50.3 Å². The number of rotatable bonds is 5. The number of hydrogen-bond donors (Lipinski definition) is 0. The van der Waals surface area contributed by atoms with Crippen LogP contribution in [0.25, 0.3) is 82.5 Å². The maximum absolute atomic E-state index is 7.26. The number of hydrogen-bond acceptors (Lipinski definition) is 2. The molecule has 1 aliphatic rings. The Kier molecular flexibility index (Phi) is 7.62. The first-order valence-corrected chi connectivity index (χ1v) is 23.2. The van der Waals surface area contributed by atoms with Crippen molar-refractivity contribution < 1.29 is 9.15 Å². The lowest BCUT2D eigenvalue weighted by Gasteiger charge is -2.40.